The third kappa shape index (κ3) is 3.37. The van der Waals surface area contributed by atoms with Crippen molar-refractivity contribution >= 4 is 11.6 Å². The predicted octanol–water partition coefficient (Wildman–Crippen LogP) is 1.20. The summed E-state index contributed by atoms with van der Waals surface area (Å²) in [6.45, 7) is 0.846. The van der Waals surface area contributed by atoms with Gasteiger partial charge in [-0.1, -0.05) is 30.3 Å². The van der Waals surface area contributed by atoms with Crippen molar-refractivity contribution in [3.63, 3.8) is 0 Å². The number of rotatable bonds is 6. The van der Waals surface area contributed by atoms with E-state index in [-0.39, 0.29) is 5.91 Å². The molecule has 0 aliphatic carbocycles. The second-order valence-corrected chi connectivity index (χ2v) is 5.26. The topological polar surface area (TPSA) is 85.3 Å². The van der Waals surface area contributed by atoms with Gasteiger partial charge in [-0.25, -0.2) is 0 Å². The van der Waals surface area contributed by atoms with E-state index in [1.54, 1.807) is 6.07 Å². The summed E-state index contributed by atoms with van der Waals surface area (Å²) in [6, 6.07) is 13.8. The highest BCUT2D eigenvalue weighted by atomic mass is 16.1. The van der Waals surface area contributed by atoms with Gasteiger partial charge in [0.25, 0.3) is 5.91 Å². The largest absolute Gasteiger partial charge is 0.351 e. The van der Waals surface area contributed by atoms with Crippen LogP contribution in [0, 0.1) is 0 Å². The van der Waals surface area contributed by atoms with Gasteiger partial charge >= 0.3 is 0 Å². The first-order valence-electron chi connectivity index (χ1n) is 7.64. The van der Waals surface area contributed by atoms with Gasteiger partial charge in [-0.3, -0.25) is 9.20 Å². The molecule has 0 radical (unpaired) electrons. The van der Waals surface area contributed by atoms with Crippen molar-refractivity contribution in [3.8, 4) is 0 Å². The van der Waals surface area contributed by atoms with Gasteiger partial charge in [-0.05, 0) is 24.1 Å². The van der Waals surface area contributed by atoms with Crippen LogP contribution < -0.4 is 11.1 Å². The fourth-order valence-electron chi connectivity index (χ4n) is 2.49. The van der Waals surface area contributed by atoms with Crippen LogP contribution in [0.4, 0.5) is 0 Å². The van der Waals surface area contributed by atoms with Crippen LogP contribution in [0.5, 0.6) is 0 Å². The molecule has 23 heavy (non-hydrogen) atoms. The van der Waals surface area contributed by atoms with Gasteiger partial charge in [0.1, 0.15) is 5.82 Å². The minimum absolute atomic E-state index is 0.178. The molecular weight excluding hydrogens is 290 g/mol. The van der Waals surface area contributed by atoms with Crippen LogP contribution in [0.2, 0.25) is 0 Å². The molecule has 118 valence electrons. The molecule has 6 heteroatoms. The monoisotopic (exact) mass is 309 g/mol. The number of amides is 1. The zero-order valence-corrected chi connectivity index (χ0v) is 12.8. The van der Waals surface area contributed by atoms with Gasteiger partial charge in [-0.15, -0.1) is 10.2 Å². The highest BCUT2D eigenvalue weighted by Crippen LogP contribution is 2.12. The molecule has 0 aliphatic rings. The summed E-state index contributed by atoms with van der Waals surface area (Å²) in [6.07, 6.45) is 3.53. The molecular formula is C17H19N5O. The van der Waals surface area contributed by atoms with Crippen molar-refractivity contribution in [1.82, 2.24) is 19.9 Å². The number of benzene rings is 1. The molecule has 0 unspecified atom stereocenters. The van der Waals surface area contributed by atoms with E-state index in [0.717, 1.165) is 18.7 Å². The number of nitrogens with zero attached hydrogens (tertiary/aromatic N) is 3. The summed E-state index contributed by atoms with van der Waals surface area (Å²) >= 11 is 0. The Labute approximate surface area is 134 Å². The molecule has 3 rings (SSSR count). The first-order valence-corrected chi connectivity index (χ1v) is 7.64. The Morgan fingerprint density at radius 2 is 1.91 bits per heavy atom. The van der Waals surface area contributed by atoms with E-state index < -0.39 is 0 Å². The zero-order valence-electron chi connectivity index (χ0n) is 12.8. The van der Waals surface area contributed by atoms with Crippen molar-refractivity contribution in [1.29, 1.82) is 0 Å². The van der Waals surface area contributed by atoms with Gasteiger partial charge < -0.3 is 11.1 Å². The van der Waals surface area contributed by atoms with Crippen molar-refractivity contribution < 1.29 is 4.79 Å². The zero-order chi connectivity index (χ0) is 16.1. The fraction of sp³-hybridized carbons (Fsp3) is 0.235. The van der Waals surface area contributed by atoms with E-state index in [0.29, 0.717) is 24.3 Å². The molecule has 1 aromatic carbocycles. The summed E-state index contributed by atoms with van der Waals surface area (Å²) in [5.74, 6) is 0.667. The third-order valence-electron chi connectivity index (χ3n) is 3.66. The molecule has 0 bridgehead atoms. The Morgan fingerprint density at radius 1 is 1.09 bits per heavy atom. The first-order chi connectivity index (χ1) is 11.3. The average molecular weight is 309 g/mol. The van der Waals surface area contributed by atoms with Crippen LogP contribution in [0.15, 0.2) is 48.7 Å². The summed E-state index contributed by atoms with van der Waals surface area (Å²) in [5, 5.41) is 11.2. The maximum atomic E-state index is 12.2. The van der Waals surface area contributed by atoms with E-state index >= 15 is 0 Å². The summed E-state index contributed by atoms with van der Waals surface area (Å²) in [7, 11) is 0. The van der Waals surface area contributed by atoms with Crippen molar-refractivity contribution in [3.05, 3.63) is 65.6 Å². The summed E-state index contributed by atoms with van der Waals surface area (Å²) in [4.78, 5) is 12.2. The quantitative estimate of drug-likeness (QED) is 0.716. The second-order valence-electron chi connectivity index (χ2n) is 5.26. The predicted molar refractivity (Wildman–Crippen MR) is 88.2 cm³/mol. The first kappa shape index (κ1) is 15.2. The number of fused-ring (bicyclic) bond motifs is 1. The lowest BCUT2D eigenvalue weighted by atomic mass is 10.1. The van der Waals surface area contributed by atoms with Crippen LogP contribution >= 0.6 is 0 Å². The van der Waals surface area contributed by atoms with Crippen molar-refractivity contribution in [2.75, 3.05) is 13.1 Å². The minimum Gasteiger partial charge on any atom is -0.351 e. The molecule has 0 fully saturated rings. The normalized spacial score (nSPS) is 10.8. The number of nitrogens with one attached hydrogen (secondary N) is 1. The highest BCUT2D eigenvalue weighted by molar-refractivity contribution is 5.99. The standard InChI is InChI=1S/C17H19N5O/c18-10-11-19-17(23)14-7-4-12-22-15(20-21-16(14)22)9-8-13-5-2-1-3-6-13/h1-7,12H,8-11,18H2,(H,19,23). The SMILES string of the molecule is NCCNC(=O)c1cccn2c(CCc3ccccc3)nnc12. The van der Waals surface area contributed by atoms with Crippen molar-refractivity contribution in [2.24, 2.45) is 5.73 Å². The smallest absolute Gasteiger partial charge is 0.255 e. The number of aromatic nitrogens is 3. The third-order valence-corrected chi connectivity index (χ3v) is 3.66. The van der Waals surface area contributed by atoms with Crippen LogP contribution in [0.25, 0.3) is 5.65 Å². The van der Waals surface area contributed by atoms with Gasteiger partial charge in [-0.2, -0.15) is 0 Å². The molecule has 0 spiro atoms. The number of pyridine rings is 1. The molecule has 1 amide bonds. The summed E-state index contributed by atoms with van der Waals surface area (Å²) in [5.41, 5.74) is 7.76. The van der Waals surface area contributed by atoms with Crippen LogP contribution in [-0.4, -0.2) is 33.6 Å². The molecule has 0 aliphatic heterocycles. The van der Waals surface area contributed by atoms with E-state index in [1.165, 1.54) is 5.56 Å². The molecule has 6 nitrogen and oxygen atoms in total. The van der Waals surface area contributed by atoms with Gasteiger partial charge in [0.2, 0.25) is 0 Å². The second kappa shape index (κ2) is 7.02. The number of nitrogens with two attached hydrogens (primary N) is 1. The fourth-order valence-corrected chi connectivity index (χ4v) is 2.49. The van der Waals surface area contributed by atoms with E-state index in [2.05, 4.69) is 27.6 Å². The van der Waals surface area contributed by atoms with Crippen molar-refractivity contribution in [2.45, 2.75) is 12.8 Å². The van der Waals surface area contributed by atoms with Crippen LogP contribution in [0.1, 0.15) is 21.7 Å². The minimum atomic E-state index is -0.178. The van der Waals surface area contributed by atoms with Gasteiger partial charge in [0, 0.05) is 25.7 Å². The van der Waals surface area contributed by atoms with E-state index in [1.807, 2.05) is 34.9 Å². The lowest BCUT2D eigenvalue weighted by Gasteiger charge is -2.05. The Balaban J connectivity index is 1.82. The van der Waals surface area contributed by atoms with Crippen LogP contribution in [-0.2, 0) is 12.8 Å². The number of aryl methyl sites for hydroxylation is 2. The molecule has 0 saturated heterocycles. The molecule has 2 aromatic heterocycles. The van der Waals surface area contributed by atoms with Gasteiger partial charge in [0.05, 0.1) is 5.56 Å². The molecule has 3 N–H and O–H groups in total. The maximum Gasteiger partial charge on any atom is 0.255 e. The lowest BCUT2D eigenvalue weighted by Crippen LogP contribution is -2.29. The van der Waals surface area contributed by atoms with Gasteiger partial charge in [0.15, 0.2) is 5.65 Å². The molecule has 0 atom stereocenters. The Bertz CT molecular complexity index is 797. The number of hydrogen-bond donors (Lipinski definition) is 2. The van der Waals surface area contributed by atoms with E-state index in [9.17, 15) is 4.79 Å². The molecule has 0 saturated carbocycles. The molecule has 3 aromatic rings. The average Bonchev–Trinajstić information content (AvgIpc) is 3.02. The maximum absolute atomic E-state index is 12.2. The Morgan fingerprint density at radius 3 is 2.70 bits per heavy atom. The number of carbonyl (C=O) groups is 1. The van der Waals surface area contributed by atoms with Crippen LogP contribution in [0.3, 0.4) is 0 Å². The summed E-state index contributed by atoms with van der Waals surface area (Å²) < 4.78 is 1.88. The Kier molecular flexibility index (Phi) is 4.63. The molecule has 2 heterocycles. The van der Waals surface area contributed by atoms with E-state index in [4.69, 9.17) is 5.73 Å². The number of carbonyl (C=O) groups excluding carboxylic acids is 1. The number of hydrogen-bond acceptors (Lipinski definition) is 4. The Hall–Kier alpha value is -2.73. The lowest BCUT2D eigenvalue weighted by molar-refractivity contribution is 0.0956. The highest BCUT2D eigenvalue weighted by Gasteiger charge is 2.14.